The third-order valence-electron chi connectivity index (χ3n) is 1.48. The molecule has 0 aliphatic carbocycles. The van der Waals surface area contributed by atoms with Gasteiger partial charge in [-0.05, 0) is 0 Å². The molecule has 0 saturated heterocycles. The van der Waals surface area contributed by atoms with Crippen molar-refractivity contribution in [2.45, 2.75) is 0 Å². The second kappa shape index (κ2) is 3.59. The van der Waals surface area contributed by atoms with Crippen LogP contribution in [0.15, 0.2) is 30.8 Å². The van der Waals surface area contributed by atoms with Gasteiger partial charge in [0.05, 0.1) is 0 Å². The molecule has 0 spiro atoms. The summed E-state index contributed by atoms with van der Waals surface area (Å²) in [6.45, 7) is 3.59. The van der Waals surface area contributed by atoms with Crippen LogP contribution in [-0.4, -0.2) is 18.2 Å². The van der Waals surface area contributed by atoms with Crippen LogP contribution < -0.4 is 0 Å². The summed E-state index contributed by atoms with van der Waals surface area (Å²) in [5, 5.41) is 9.51. The van der Waals surface area contributed by atoms with Crippen LogP contribution in [0.5, 0.6) is 0 Å². The van der Waals surface area contributed by atoms with Crippen LogP contribution >= 0.6 is 11.6 Å². The summed E-state index contributed by atoms with van der Waals surface area (Å²) >= 11 is 5.72. The molecular weight excluding hydrogens is 170 g/mol. The van der Waals surface area contributed by atoms with Crippen molar-refractivity contribution < 1.29 is 5.11 Å². The first kappa shape index (κ1) is 9.08. The maximum absolute atomic E-state index is 8.92. The summed E-state index contributed by atoms with van der Waals surface area (Å²) in [6.07, 6.45) is 0. The number of hydrogen-bond acceptors (Lipinski definition) is 1. The van der Waals surface area contributed by atoms with Gasteiger partial charge in [0.2, 0.25) is 0 Å². The van der Waals surface area contributed by atoms with Crippen molar-refractivity contribution in [1.29, 1.82) is 0 Å². The first-order chi connectivity index (χ1) is 5.61. The Bertz CT molecular complexity index is 333. The van der Waals surface area contributed by atoms with E-state index < -0.39 is 0 Å². The van der Waals surface area contributed by atoms with Gasteiger partial charge in [-0.1, -0.05) is 0 Å². The first-order valence-electron chi connectivity index (χ1n) is 3.38. The van der Waals surface area contributed by atoms with E-state index in [0.717, 1.165) is 5.56 Å². The Morgan fingerprint density at radius 2 is 2.17 bits per heavy atom. The van der Waals surface area contributed by atoms with E-state index in [1.165, 1.54) is 0 Å². The molecule has 1 radical (unpaired) electrons. The van der Waals surface area contributed by atoms with E-state index >= 15 is 0 Å². The van der Waals surface area contributed by atoms with E-state index in [4.69, 9.17) is 24.2 Å². The molecule has 0 aromatic heterocycles. The number of hydrogen-bond donors (Lipinski definition) is 1. The molecule has 0 aliphatic rings. The number of aliphatic hydroxyl groups excluding tert-OH is 1. The van der Waals surface area contributed by atoms with Crippen molar-refractivity contribution >= 4 is 30.3 Å². The number of benzene rings is 1. The van der Waals surface area contributed by atoms with Crippen molar-refractivity contribution in [1.82, 2.24) is 0 Å². The Labute approximate surface area is 77.4 Å². The van der Waals surface area contributed by atoms with E-state index in [1.807, 2.05) is 0 Å². The fourth-order valence-corrected chi connectivity index (χ4v) is 1.01. The predicted octanol–water partition coefficient (Wildman–Crippen LogP) is 2.02. The molecule has 0 fully saturated rings. The monoisotopic (exact) mass is 177 g/mol. The molecule has 1 aromatic carbocycles. The molecule has 59 valence electrons. The third-order valence-corrected chi connectivity index (χ3v) is 1.72. The normalized spacial score (nSPS) is 9.33. The quantitative estimate of drug-likeness (QED) is 0.685. The van der Waals surface area contributed by atoms with E-state index in [2.05, 4.69) is 6.58 Å². The van der Waals surface area contributed by atoms with Gasteiger partial charge < -0.3 is 0 Å². The van der Waals surface area contributed by atoms with Crippen molar-refractivity contribution in [2.75, 3.05) is 0 Å². The van der Waals surface area contributed by atoms with Gasteiger partial charge in [0, 0.05) is 0 Å². The van der Waals surface area contributed by atoms with Crippen molar-refractivity contribution in [3.8, 4) is 0 Å². The first-order valence-corrected chi connectivity index (χ1v) is 3.75. The molecule has 0 unspecified atom stereocenters. The summed E-state index contributed by atoms with van der Waals surface area (Å²) in [5.41, 5.74) is 0.831. The zero-order valence-corrected chi connectivity index (χ0v) is 7.17. The molecule has 0 saturated carbocycles. The Morgan fingerprint density at radius 1 is 1.50 bits per heavy atom. The number of rotatable bonds is 2. The molecule has 0 heterocycles. The fourth-order valence-electron chi connectivity index (χ4n) is 0.824. The van der Waals surface area contributed by atoms with Crippen molar-refractivity contribution in [3.63, 3.8) is 0 Å². The van der Waals surface area contributed by atoms with Crippen LogP contribution in [-0.2, 0) is 0 Å². The standard InChI is InChI=1S/C9H7BClO/c1-6(9(10)12)7-3-2-4-8(11)5-7/h2-5,12H,1H2. The zero-order valence-electron chi connectivity index (χ0n) is 6.42. The van der Waals surface area contributed by atoms with Crippen LogP contribution in [0, 0.1) is 0 Å². The second-order valence-corrected chi connectivity index (χ2v) is 2.81. The SMILES string of the molecule is [B]=C(O)C(=C)c1cccc(Cl)c1. The van der Waals surface area contributed by atoms with Crippen LogP contribution in [0.3, 0.4) is 0 Å². The Kier molecular flexibility index (Phi) is 2.72. The molecule has 12 heavy (non-hydrogen) atoms. The average molecular weight is 177 g/mol. The topological polar surface area (TPSA) is 20.2 Å². The van der Waals surface area contributed by atoms with E-state index in [-0.39, 0.29) is 5.65 Å². The molecule has 1 nitrogen and oxygen atoms in total. The molecule has 0 aliphatic heterocycles. The number of aliphatic hydroxyl groups is 1. The van der Waals surface area contributed by atoms with Crippen LogP contribution in [0.4, 0.5) is 0 Å². The zero-order chi connectivity index (χ0) is 9.14. The maximum atomic E-state index is 8.92. The third kappa shape index (κ3) is 1.99. The van der Waals surface area contributed by atoms with Gasteiger partial charge in [0.15, 0.2) is 0 Å². The van der Waals surface area contributed by atoms with E-state index in [1.54, 1.807) is 24.3 Å². The van der Waals surface area contributed by atoms with E-state index in [9.17, 15) is 0 Å². The molecule has 1 aromatic rings. The Hall–Kier alpha value is -1.02. The van der Waals surface area contributed by atoms with Gasteiger partial charge in [-0.15, -0.1) is 0 Å². The molecule has 1 rings (SSSR count). The Morgan fingerprint density at radius 3 is 2.67 bits per heavy atom. The Balaban J connectivity index is 3.04. The van der Waals surface area contributed by atoms with Gasteiger partial charge in [0.25, 0.3) is 0 Å². The molecule has 3 heteroatoms. The van der Waals surface area contributed by atoms with Gasteiger partial charge >= 0.3 is 76.8 Å². The minimum atomic E-state index is -0.280. The van der Waals surface area contributed by atoms with Crippen LogP contribution in [0.2, 0.25) is 5.02 Å². The summed E-state index contributed by atoms with van der Waals surface area (Å²) in [7, 11) is 5.15. The summed E-state index contributed by atoms with van der Waals surface area (Å²) in [5.74, 6) is 0. The molecule has 1 N–H and O–H groups in total. The molecular formula is C9H7BClO. The average Bonchev–Trinajstić information content (AvgIpc) is 2.03. The number of halogens is 1. The van der Waals surface area contributed by atoms with Gasteiger partial charge in [-0.2, -0.15) is 0 Å². The molecule has 0 bridgehead atoms. The van der Waals surface area contributed by atoms with Gasteiger partial charge in [-0.3, -0.25) is 0 Å². The molecule has 0 amide bonds. The molecule has 0 atom stereocenters. The minimum absolute atomic E-state index is 0.280. The van der Waals surface area contributed by atoms with Gasteiger partial charge in [0.1, 0.15) is 0 Å². The second-order valence-electron chi connectivity index (χ2n) is 2.37. The van der Waals surface area contributed by atoms with Crippen LogP contribution in [0.1, 0.15) is 5.56 Å². The van der Waals surface area contributed by atoms with E-state index in [0.29, 0.717) is 10.6 Å². The van der Waals surface area contributed by atoms with Crippen LogP contribution in [0.25, 0.3) is 5.57 Å². The predicted molar refractivity (Wildman–Crippen MR) is 53.2 cm³/mol. The summed E-state index contributed by atoms with van der Waals surface area (Å²) in [4.78, 5) is 0. The summed E-state index contributed by atoms with van der Waals surface area (Å²) in [6, 6.07) is 6.97. The van der Waals surface area contributed by atoms with Crippen molar-refractivity contribution in [2.24, 2.45) is 0 Å². The van der Waals surface area contributed by atoms with Gasteiger partial charge in [-0.25, -0.2) is 0 Å². The fraction of sp³-hybridized carbons (Fsp3) is 0. The van der Waals surface area contributed by atoms with Crippen molar-refractivity contribution in [3.05, 3.63) is 41.4 Å². The summed E-state index contributed by atoms with van der Waals surface area (Å²) < 4.78 is 0.